The highest BCUT2D eigenvalue weighted by atomic mass is 16.8. The number of hydrogen-bond acceptors (Lipinski definition) is 28. The summed E-state index contributed by atoms with van der Waals surface area (Å²) in [4.78, 5) is 15.4. The van der Waals surface area contributed by atoms with Crippen molar-refractivity contribution >= 4 is 5.78 Å². The van der Waals surface area contributed by atoms with Crippen LogP contribution in [0.5, 0.6) is 0 Å². The van der Waals surface area contributed by atoms with Gasteiger partial charge in [-0.05, 0) is 99.7 Å². The molecule has 28 nitrogen and oxygen atoms in total. The van der Waals surface area contributed by atoms with Crippen LogP contribution in [-0.2, 0) is 52.2 Å². The predicted octanol–water partition coefficient (Wildman–Crippen LogP) is -3.78. The molecule has 514 valence electrons. The molecule has 3 saturated carbocycles. The summed E-state index contributed by atoms with van der Waals surface area (Å²) >= 11 is 0. The standard InChI is InChI=1S/C61H102O28/c1-10-28-37(66)41(70)47(76)54(81-28)89-51-44(73)40(69)32(23-80-52-46(75)42(71)38(67)29(20-62)82-52)85-56(51)87-36(58(5,6)79)15-11-24(2)25-17-18-59(7)33-14-12-26-27(61(33,9)34(65)19-60(25,59)8)13-16-35(57(26,3)4)86-53-49(78)45(74)50(31(22-64)84-53)88-55-48(77)43(72)39(68)30(21-63)83-55/h12,24-25,27-33,35-56,62-64,66-79H,10-11,13-23H2,1-9H3/t24-,25?,27?,28+,29-,30-,31-,32-,33?,35+,36-,37+,38-,39-,40-,41-,42+,43+,44+,45-,46-,47+,48-,49-,50-,51-,52-,53+,54-,55+,56+,59+,60-,61+/m1/s1. The van der Waals surface area contributed by atoms with Gasteiger partial charge in [-0.1, -0.05) is 60.1 Å². The van der Waals surface area contributed by atoms with Crippen LogP contribution >= 0.6 is 0 Å². The summed E-state index contributed by atoms with van der Waals surface area (Å²) in [6.45, 7) is 14.7. The van der Waals surface area contributed by atoms with Gasteiger partial charge in [-0.3, -0.25) is 4.79 Å². The second-order valence-electron chi connectivity index (χ2n) is 28.7. The predicted molar refractivity (Wildman–Crippen MR) is 302 cm³/mol. The number of carbonyl (C=O) groups is 1. The molecule has 8 fully saturated rings. The summed E-state index contributed by atoms with van der Waals surface area (Å²) in [6, 6.07) is 0. The number of Topliss-reactive ketones (excluding diaryl/α,β-unsaturated/α-hetero) is 1. The summed E-state index contributed by atoms with van der Waals surface area (Å²) in [5.74, 6) is -0.0955. The number of ether oxygens (including phenoxy) is 10. The Morgan fingerprint density at radius 3 is 1.62 bits per heavy atom. The number of carbonyl (C=O) groups excluding carboxylic acids is 1. The fourth-order valence-electron chi connectivity index (χ4n) is 17.0. The zero-order valence-corrected chi connectivity index (χ0v) is 52.3. The van der Waals surface area contributed by atoms with E-state index in [1.807, 2.05) is 13.8 Å². The van der Waals surface area contributed by atoms with Gasteiger partial charge in [-0.25, -0.2) is 0 Å². The lowest BCUT2D eigenvalue weighted by Crippen LogP contribution is -2.65. The molecule has 0 aromatic rings. The van der Waals surface area contributed by atoms with Gasteiger partial charge in [0.1, 0.15) is 122 Å². The lowest BCUT2D eigenvalue weighted by atomic mass is 9.38. The molecule has 4 aliphatic carbocycles. The minimum Gasteiger partial charge on any atom is -0.394 e. The van der Waals surface area contributed by atoms with Crippen molar-refractivity contribution in [3.05, 3.63) is 11.6 Å². The molecule has 0 radical (unpaired) electrons. The molecule has 0 aromatic carbocycles. The van der Waals surface area contributed by atoms with Gasteiger partial charge in [0.15, 0.2) is 31.5 Å². The summed E-state index contributed by atoms with van der Waals surface area (Å²) in [5, 5.41) is 183. The second-order valence-corrected chi connectivity index (χ2v) is 28.7. The number of aliphatic hydroxyl groups excluding tert-OH is 16. The maximum absolute atomic E-state index is 15.4. The lowest BCUT2D eigenvalue weighted by Gasteiger charge is -2.65. The molecule has 0 amide bonds. The highest BCUT2D eigenvalue weighted by molar-refractivity contribution is 5.88. The van der Waals surface area contributed by atoms with E-state index in [0.29, 0.717) is 32.1 Å². The molecule has 17 N–H and O–H groups in total. The molecule has 0 aromatic heterocycles. The monoisotopic (exact) mass is 1280 g/mol. The topological polar surface area (TPSA) is 453 Å². The molecule has 28 heteroatoms. The maximum Gasteiger partial charge on any atom is 0.187 e. The van der Waals surface area contributed by atoms with Crippen molar-refractivity contribution in [1.29, 1.82) is 0 Å². The molecule has 34 atom stereocenters. The first-order chi connectivity index (χ1) is 41.7. The van der Waals surface area contributed by atoms with Crippen molar-refractivity contribution in [1.82, 2.24) is 0 Å². The molecule has 3 unspecified atom stereocenters. The summed E-state index contributed by atoms with van der Waals surface area (Å²) in [7, 11) is 0. The molecule has 9 aliphatic rings. The van der Waals surface area contributed by atoms with Crippen LogP contribution in [0.4, 0.5) is 0 Å². The molecule has 5 heterocycles. The Kier molecular flexibility index (Phi) is 22.1. The lowest BCUT2D eigenvalue weighted by molar-refractivity contribution is -0.379. The number of rotatable bonds is 20. The summed E-state index contributed by atoms with van der Waals surface area (Å²) in [6.07, 6.45) is -35.8. The number of ketones is 1. The van der Waals surface area contributed by atoms with Crippen LogP contribution < -0.4 is 0 Å². The van der Waals surface area contributed by atoms with E-state index < -0.39 is 214 Å². The molecular formula is C61H102O28. The Hall–Kier alpha value is -1.67. The van der Waals surface area contributed by atoms with E-state index >= 15 is 4.79 Å². The van der Waals surface area contributed by atoms with Crippen LogP contribution in [0.25, 0.3) is 0 Å². The normalized spacial score (nSPS) is 51.0. The van der Waals surface area contributed by atoms with Crippen molar-refractivity contribution < 1.29 is 139 Å². The number of allylic oxidation sites excluding steroid dienone is 1. The highest BCUT2D eigenvalue weighted by Gasteiger charge is 2.71. The second kappa shape index (κ2) is 27.4. The van der Waals surface area contributed by atoms with Gasteiger partial charge in [0, 0.05) is 17.3 Å². The number of hydrogen-bond donors (Lipinski definition) is 17. The van der Waals surface area contributed by atoms with Crippen molar-refractivity contribution in [3.63, 3.8) is 0 Å². The Balaban J connectivity index is 0.885. The first kappa shape index (κ1) is 71.6. The van der Waals surface area contributed by atoms with Gasteiger partial charge >= 0.3 is 0 Å². The van der Waals surface area contributed by atoms with E-state index in [4.69, 9.17) is 47.4 Å². The molecule has 9 rings (SSSR count). The van der Waals surface area contributed by atoms with Gasteiger partial charge in [0.25, 0.3) is 0 Å². The van der Waals surface area contributed by atoms with Crippen LogP contribution in [0.15, 0.2) is 11.6 Å². The molecule has 89 heavy (non-hydrogen) atoms. The first-order valence-corrected chi connectivity index (χ1v) is 31.8. The van der Waals surface area contributed by atoms with Crippen molar-refractivity contribution in [3.8, 4) is 0 Å². The van der Waals surface area contributed by atoms with Crippen LogP contribution in [-0.4, -0.2) is 290 Å². The first-order valence-electron chi connectivity index (χ1n) is 31.8. The van der Waals surface area contributed by atoms with Gasteiger partial charge in [0.2, 0.25) is 0 Å². The fraction of sp³-hybridized carbons (Fsp3) is 0.951. The number of aliphatic hydroxyl groups is 17. The van der Waals surface area contributed by atoms with Crippen LogP contribution in [0.1, 0.15) is 120 Å². The van der Waals surface area contributed by atoms with Crippen molar-refractivity contribution in [2.24, 2.45) is 45.3 Å². The van der Waals surface area contributed by atoms with Gasteiger partial charge in [-0.2, -0.15) is 0 Å². The maximum atomic E-state index is 15.4. The van der Waals surface area contributed by atoms with Gasteiger partial charge < -0.3 is 134 Å². The SMILES string of the molecule is CC[C@@H]1O[C@H](O[C@H]2[C@H](O[C@H](CC[C@@H](C)C3CC[C@@]4(C)C5CC=C6C(CC[C@H](O[C@@H]7O[C@H](CO)[C@@H](O[C@@H]8O[C@H](CO)[C@@H](O)[C@H](O)[C@H]8O)[C@H](O)[C@H]7O)C6(C)C)[C@]5(C)C(=O)C[C@]34C)C(C)(C)O)O[C@H](CO[C@@H]3O[C@H](CO)[C@@H](O)[C@H](O)[C@H]3O)[C@@H](O)[C@@H]2O)[C@@H](O)[C@H](O)[C@H]1O. The van der Waals surface area contributed by atoms with Crippen molar-refractivity contribution in [2.45, 2.75) is 291 Å². The van der Waals surface area contributed by atoms with E-state index in [-0.39, 0.29) is 47.7 Å². The Bertz CT molecular complexity index is 2390. The van der Waals surface area contributed by atoms with E-state index in [1.54, 1.807) is 6.92 Å². The smallest absolute Gasteiger partial charge is 0.187 e. The van der Waals surface area contributed by atoms with Crippen molar-refractivity contribution in [2.75, 3.05) is 26.4 Å². The molecule has 5 saturated heterocycles. The Labute approximate surface area is 518 Å². The average Bonchev–Trinajstić information content (AvgIpc) is 1.66. The zero-order valence-electron chi connectivity index (χ0n) is 52.3. The average molecular weight is 1280 g/mol. The third-order valence-electron chi connectivity index (χ3n) is 22.9. The van der Waals surface area contributed by atoms with Crippen LogP contribution in [0.2, 0.25) is 0 Å². The third kappa shape index (κ3) is 12.9. The van der Waals surface area contributed by atoms with E-state index in [0.717, 1.165) is 18.4 Å². The highest BCUT2D eigenvalue weighted by Crippen LogP contribution is 2.74. The van der Waals surface area contributed by atoms with Gasteiger partial charge in [-0.15, -0.1) is 0 Å². The summed E-state index contributed by atoms with van der Waals surface area (Å²) in [5.41, 5.74) is -2.86. The molecule has 0 bridgehead atoms. The Morgan fingerprint density at radius 1 is 0.562 bits per heavy atom. The van der Waals surface area contributed by atoms with Crippen LogP contribution in [0.3, 0.4) is 0 Å². The fourth-order valence-corrected chi connectivity index (χ4v) is 17.0. The summed E-state index contributed by atoms with van der Waals surface area (Å²) < 4.78 is 59.9. The quantitative estimate of drug-likeness (QED) is 0.0520. The largest absolute Gasteiger partial charge is 0.394 e. The third-order valence-corrected chi connectivity index (χ3v) is 22.9. The zero-order chi connectivity index (χ0) is 65.5. The van der Waals surface area contributed by atoms with Crippen LogP contribution in [0, 0.1) is 45.3 Å². The minimum atomic E-state index is -1.90. The van der Waals surface area contributed by atoms with Gasteiger partial charge in [0.05, 0.1) is 50.3 Å². The van der Waals surface area contributed by atoms with E-state index in [1.165, 1.54) is 13.8 Å². The number of fused-ring (bicyclic) bond motifs is 5. The molecule has 0 spiro atoms. The van der Waals surface area contributed by atoms with E-state index in [9.17, 15) is 86.8 Å². The molecular weight excluding hydrogens is 1180 g/mol. The van der Waals surface area contributed by atoms with E-state index in [2.05, 4.69) is 33.8 Å². The minimum absolute atomic E-state index is 0.0257. The Morgan fingerprint density at radius 2 is 1.04 bits per heavy atom. The molecule has 5 aliphatic heterocycles.